The number of aromatic nitrogens is 2. The van der Waals surface area contributed by atoms with Crippen LogP contribution in [0.3, 0.4) is 0 Å². The first-order valence-electron chi connectivity index (χ1n) is 10.3. The van der Waals surface area contributed by atoms with E-state index in [9.17, 15) is 9.59 Å². The van der Waals surface area contributed by atoms with Crippen molar-refractivity contribution in [2.75, 3.05) is 26.7 Å². The molecule has 1 aromatic heterocycles. The highest BCUT2D eigenvalue weighted by molar-refractivity contribution is 5.88. The van der Waals surface area contributed by atoms with Crippen LogP contribution in [-0.2, 0) is 22.1 Å². The van der Waals surface area contributed by atoms with E-state index in [0.29, 0.717) is 19.6 Å². The summed E-state index contributed by atoms with van der Waals surface area (Å²) in [5, 5.41) is 8.78. The van der Waals surface area contributed by atoms with E-state index in [-0.39, 0.29) is 5.91 Å². The second-order valence-electron chi connectivity index (χ2n) is 9.56. The van der Waals surface area contributed by atoms with Gasteiger partial charge in [0, 0.05) is 32.1 Å². The number of fused-ring (bicyclic) bond motifs is 1. The van der Waals surface area contributed by atoms with E-state index in [2.05, 4.69) is 10.4 Å². The zero-order valence-corrected chi connectivity index (χ0v) is 19.0. The van der Waals surface area contributed by atoms with E-state index in [0.717, 1.165) is 16.6 Å². The first-order valence-corrected chi connectivity index (χ1v) is 10.3. The van der Waals surface area contributed by atoms with Gasteiger partial charge in [-0.3, -0.25) is 14.4 Å². The number of hydrogen-bond acceptors (Lipinski definition) is 5. The number of aryl methyl sites for hydroxylation is 1. The molecule has 0 saturated carbocycles. The van der Waals surface area contributed by atoms with Crippen LogP contribution < -0.4 is 5.32 Å². The van der Waals surface area contributed by atoms with E-state index < -0.39 is 23.3 Å². The van der Waals surface area contributed by atoms with Gasteiger partial charge in [-0.2, -0.15) is 5.10 Å². The molecule has 1 saturated heterocycles. The Labute approximate surface area is 178 Å². The predicted molar refractivity (Wildman–Crippen MR) is 116 cm³/mol. The van der Waals surface area contributed by atoms with Gasteiger partial charge in [0.2, 0.25) is 5.91 Å². The number of ether oxygens (including phenoxy) is 1. The van der Waals surface area contributed by atoms with Crippen LogP contribution >= 0.6 is 0 Å². The van der Waals surface area contributed by atoms with E-state index >= 15 is 0 Å². The quantitative estimate of drug-likeness (QED) is 0.833. The molecule has 0 bridgehead atoms. The molecule has 1 N–H and O–H groups in total. The number of nitrogens with one attached hydrogen (secondary N) is 1. The molecule has 164 valence electrons. The third kappa shape index (κ3) is 4.59. The number of amides is 2. The molecule has 2 aromatic rings. The summed E-state index contributed by atoms with van der Waals surface area (Å²) >= 11 is 0. The fraction of sp³-hybridized carbons (Fsp3) is 0.591. The number of carbonyl (C=O) groups is 2. The standard InChI is InChI=1S/C22H33N5O3/c1-21(2,3)30-20(29)27-13-12-25(6)14-17(27)19(28)23-22(4,5)18-15-10-8-9-11-16(15)26(7)24-18/h8-11,17H,12-14H2,1-7H3,(H,23,28)/t17-/m0/s1. The molecule has 8 nitrogen and oxygen atoms in total. The van der Waals surface area contributed by atoms with Crippen molar-refractivity contribution in [1.29, 1.82) is 0 Å². The molecule has 3 rings (SSSR count). The van der Waals surface area contributed by atoms with E-state index in [1.54, 1.807) is 0 Å². The minimum absolute atomic E-state index is 0.216. The van der Waals surface area contributed by atoms with Crippen molar-refractivity contribution >= 4 is 22.9 Å². The number of para-hydroxylation sites is 1. The van der Waals surface area contributed by atoms with Gasteiger partial charge >= 0.3 is 6.09 Å². The van der Waals surface area contributed by atoms with Gasteiger partial charge in [0.1, 0.15) is 11.6 Å². The lowest BCUT2D eigenvalue weighted by molar-refractivity contribution is -0.130. The molecule has 2 heterocycles. The van der Waals surface area contributed by atoms with Gasteiger partial charge in [-0.1, -0.05) is 18.2 Å². The molecule has 0 unspecified atom stereocenters. The van der Waals surface area contributed by atoms with Crippen molar-refractivity contribution in [3.63, 3.8) is 0 Å². The lowest BCUT2D eigenvalue weighted by atomic mass is 9.96. The largest absolute Gasteiger partial charge is 0.444 e. The highest BCUT2D eigenvalue weighted by atomic mass is 16.6. The highest BCUT2D eigenvalue weighted by Gasteiger charge is 2.39. The number of hydrogen-bond donors (Lipinski definition) is 1. The summed E-state index contributed by atoms with van der Waals surface area (Å²) in [6.45, 7) is 10.9. The van der Waals surface area contributed by atoms with Crippen molar-refractivity contribution in [3.05, 3.63) is 30.0 Å². The lowest BCUT2D eigenvalue weighted by Gasteiger charge is -2.40. The molecule has 1 atom stereocenters. The van der Waals surface area contributed by atoms with Gasteiger partial charge in [-0.05, 0) is 47.7 Å². The monoisotopic (exact) mass is 415 g/mol. The Hall–Kier alpha value is -2.61. The summed E-state index contributed by atoms with van der Waals surface area (Å²) < 4.78 is 7.36. The first-order chi connectivity index (χ1) is 13.9. The van der Waals surface area contributed by atoms with Crippen LogP contribution in [0.15, 0.2) is 24.3 Å². The first kappa shape index (κ1) is 22.1. The van der Waals surface area contributed by atoms with Gasteiger partial charge in [0.05, 0.1) is 16.7 Å². The molecule has 1 aliphatic heterocycles. The van der Waals surface area contributed by atoms with Gasteiger partial charge in [-0.15, -0.1) is 0 Å². The Morgan fingerprint density at radius 1 is 1.10 bits per heavy atom. The average Bonchev–Trinajstić information content (AvgIpc) is 2.98. The summed E-state index contributed by atoms with van der Waals surface area (Å²) in [4.78, 5) is 29.7. The highest BCUT2D eigenvalue weighted by Crippen LogP contribution is 2.28. The SMILES string of the molecule is CN1CCN(C(=O)OC(C)(C)C)[C@H](C(=O)NC(C)(C)c2nn(C)c3ccccc23)C1. The average molecular weight is 416 g/mol. The molecule has 30 heavy (non-hydrogen) atoms. The van der Waals surface area contributed by atoms with Crippen LogP contribution in [-0.4, -0.2) is 69.9 Å². The minimum atomic E-state index is -0.715. The van der Waals surface area contributed by atoms with Crippen molar-refractivity contribution in [2.45, 2.75) is 51.8 Å². The van der Waals surface area contributed by atoms with E-state index in [1.807, 2.05) is 82.6 Å². The third-order valence-electron chi connectivity index (χ3n) is 5.30. The normalized spacial score (nSPS) is 18.5. The van der Waals surface area contributed by atoms with Crippen molar-refractivity contribution in [2.24, 2.45) is 7.05 Å². The Kier molecular flexibility index (Phi) is 5.82. The van der Waals surface area contributed by atoms with Crippen LogP contribution in [0.5, 0.6) is 0 Å². The Morgan fingerprint density at radius 2 is 1.77 bits per heavy atom. The number of piperazine rings is 1. The number of nitrogens with zero attached hydrogens (tertiary/aromatic N) is 4. The van der Waals surface area contributed by atoms with Crippen LogP contribution in [0.2, 0.25) is 0 Å². The zero-order valence-electron chi connectivity index (χ0n) is 19.0. The molecule has 2 amide bonds. The molecular weight excluding hydrogens is 382 g/mol. The maximum Gasteiger partial charge on any atom is 0.411 e. The Balaban J connectivity index is 1.84. The summed E-state index contributed by atoms with van der Waals surface area (Å²) in [6, 6.07) is 7.31. The molecule has 1 aromatic carbocycles. The van der Waals surface area contributed by atoms with Crippen LogP contribution in [0.4, 0.5) is 4.79 Å². The predicted octanol–water partition coefficient (Wildman–Crippen LogP) is 2.48. The third-order valence-corrected chi connectivity index (χ3v) is 5.30. The summed E-state index contributed by atoms with van der Waals surface area (Å²) in [5.74, 6) is -0.216. The van der Waals surface area contributed by atoms with Crippen LogP contribution in [0.1, 0.15) is 40.3 Å². The van der Waals surface area contributed by atoms with Crippen molar-refractivity contribution in [1.82, 2.24) is 24.9 Å². The van der Waals surface area contributed by atoms with E-state index in [4.69, 9.17) is 4.74 Å². The van der Waals surface area contributed by atoms with Crippen LogP contribution in [0, 0.1) is 0 Å². The van der Waals surface area contributed by atoms with E-state index in [1.165, 1.54) is 4.90 Å². The Morgan fingerprint density at radius 3 is 2.43 bits per heavy atom. The minimum Gasteiger partial charge on any atom is -0.444 e. The second-order valence-corrected chi connectivity index (χ2v) is 9.56. The summed E-state index contributed by atoms with van der Waals surface area (Å²) in [7, 11) is 3.84. The number of rotatable bonds is 3. The lowest BCUT2D eigenvalue weighted by Crippen LogP contribution is -2.62. The number of likely N-dealkylation sites (N-methyl/N-ethyl adjacent to an activating group) is 1. The number of benzene rings is 1. The molecule has 8 heteroatoms. The molecule has 0 aliphatic carbocycles. The smallest absolute Gasteiger partial charge is 0.411 e. The molecule has 1 fully saturated rings. The topological polar surface area (TPSA) is 79.7 Å². The molecule has 1 aliphatic rings. The summed E-state index contributed by atoms with van der Waals surface area (Å²) in [6.07, 6.45) is -0.461. The van der Waals surface area contributed by atoms with Gasteiger partial charge in [-0.25, -0.2) is 4.79 Å². The van der Waals surface area contributed by atoms with Crippen molar-refractivity contribution in [3.8, 4) is 0 Å². The van der Waals surface area contributed by atoms with Gasteiger partial charge in [0.15, 0.2) is 0 Å². The maximum atomic E-state index is 13.3. The van der Waals surface area contributed by atoms with Crippen LogP contribution in [0.25, 0.3) is 10.9 Å². The second kappa shape index (κ2) is 7.91. The zero-order chi connectivity index (χ0) is 22.3. The number of carbonyl (C=O) groups excluding carboxylic acids is 2. The molecular formula is C22H33N5O3. The fourth-order valence-electron chi connectivity index (χ4n) is 3.81. The van der Waals surface area contributed by atoms with Gasteiger partial charge < -0.3 is 15.0 Å². The molecule has 0 spiro atoms. The maximum absolute atomic E-state index is 13.3. The summed E-state index contributed by atoms with van der Waals surface area (Å²) in [5.41, 5.74) is 0.464. The fourth-order valence-corrected chi connectivity index (χ4v) is 3.81. The Bertz CT molecular complexity index is 944. The van der Waals surface area contributed by atoms with Crippen molar-refractivity contribution < 1.29 is 14.3 Å². The van der Waals surface area contributed by atoms with Gasteiger partial charge in [0.25, 0.3) is 0 Å². The molecule has 0 radical (unpaired) electrons.